The number of hydrogen-bond donors (Lipinski definition) is 0. The summed E-state index contributed by atoms with van der Waals surface area (Å²) in [5.41, 5.74) is 1.38. The molecule has 0 aromatic carbocycles. The number of aryl methyl sites for hydroxylation is 1. The molecule has 4 rings (SSSR count). The molecule has 2 aliphatic carbocycles. The lowest BCUT2D eigenvalue weighted by Gasteiger charge is -2.17. The number of carbonyl (C=O) groups is 3. The van der Waals surface area contributed by atoms with Crippen molar-refractivity contribution in [3.63, 3.8) is 0 Å². The fraction of sp³-hybridized carbons (Fsp3) is 0.526. The minimum atomic E-state index is -0.437. The highest BCUT2D eigenvalue weighted by Crippen LogP contribution is 2.46. The number of halogens is 1. The Kier molecular flexibility index (Phi) is 4.65. The monoisotopic (exact) mass is 393 g/mol. The number of fused-ring (bicyclic) bond motifs is 2. The Morgan fingerprint density at radius 1 is 1.27 bits per heavy atom. The molecule has 7 heteroatoms. The van der Waals surface area contributed by atoms with Gasteiger partial charge in [0.05, 0.1) is 24.0 Å². The normalized spacial score (nSPS) is 25.0. The zero-order valence-corrected chi connectivity index (χ0v) is 16.1. The molecule has 3 aliphatic rings. The molecule has 0 radical (unpaired) electrons. The van der Waals surface area contributed by atoms with Gasteiger partial charge in [0.2, 0.25) is 11.8 Å². The van der Waals surface area contributed by atoms with Crippen LogP contribution in [0.15, 0.2) is 11.1 Å². The summed E-state index contributed by atoms with van der Waals surface area (Å²) in [6.45, 7) is 2.01. The van der Waals surface area contributed by atoms with Crippen molar-refractivity contribution >= 4 is 45.7 Å². The Morgan fingerprint density at radius 3 is 2.77 bits per heavy atom. The number of thiophene rings is 1. The summed E-state index contributed by atoms with van der Waals surface area (Å²) in [5.74, 6) is -1.69. The minimum absolute atomic E-state index is 0.218. The maximum atomic E-state index is 13.0. The van der Waals surface area contributed by atoms with E-state index in [2.05, 4.69) is 0 Å². The first-order valence-electron chi connectivity index (χ1n) is 9.07. The third kappa shape index (κ3) is 2.70. The van der Waals surface area contributed by atoms with Crippen LogP contribution in [0.25, 0.3) is 0 Å². The van der Waals surface area contributed by atoms with Gasteiger partial charge in [0.25, 0.3) is 0 Å². The Morgan fingerprint density at radius 2 is 2.00 bits per heavy atom. The molecule has 26 heavy (non-hydrogen) atoms. The molecule has 0 N–H and O–H groups in total. The van der Waals surface area contributed by atoms with Crippen LogP contribution in [0, 0.1) is 11.8 Å². The van der Waals surface area contributed by atoms with E-state index in [4.69, 9.17) is 16.3 Å². The number of hydrogen-bond acceptors (Lipinski definition) is 5. The summed E-state index contributed by atoms with van der Waals surface area (Å²) < 4.78 is 5.25. The first-order chi connectivity index (χ1) is 12.5. The third-order valence-electron chi connectivity index (χ3n) is 5.40. The number of anilines is 1. The second-order valence-electron chi connectivity index (χ2n) is 6.93. The first kappa shape index (κ1) is 17.7. The Balaban J connectivity index is 1.78. The Bertz CT molecular complexity index is 828. The van der Waals surface area contributed by atoms with E-state index in [9.17, 15) is 14.4 Å². The van der Waals surface area contributed by atoms with Crippen molar-refractivity contribution in [3.05, 3.63) is 27.1 Å². The van der Waals surface area contributed by atoms with Gasteiger partial charge in [-0.05, 0) is 51.0 Å². The highest BCUT2D eigenvalue weighted by Gasteiger charge is 2.50. The number of carbonyl (C=O) groups excluding carboxylic acids is 3. The molecule has 138 valence electrons. The first-order valence-corrected chi connectivity index (χ1v) is 10.3. The lowest BCUT2D eigenvalue weighted by atomic mass is 9.85. The largest absolute Gasteiger partial charge is 0.462 e. The van der Waals surface area contributed by atoms with Crippen LogP contribution >= 0.6 is 22.9 Å². The van der Waals surface area contributed by atoms with E-state index in [-0.39, 0.29) is 24.3 Å². The zero-order chi connectivity index (χ0) is 18.4. The van der Waals surface area contributed by atoms with Crippen LogP contribution in [0.5, 0.6) is 0 Å². The summed E-state index contributed by atoms with van der Waals surface area (Å²) in [7, 11) is 0. The number of allylic oxidation sites excluding steroid dienone is 2. The number of esters is 1. The van der Waals surface area contributed by atoms with Gasteiger partial charge >= 0.3 is 5.97 Å². The number of imide groups is 1. The van der Waals surface area contributed by atoms with E-state index in [1.165, 1.54) is 16.2 Å². The van der Waals surface area contributed by atoms with Crippen LogP contribution in [0.4, 0.5) is 5.00 Å². The lowest BCUT2D eigenvalue weighted by molar-refractivity contribution is -0.122. The average molecular weight is 394 g/mol. The maximum Gasteiger partial charge on any atom is 0.341 e. The van der Waals surface area contributed by atoms with Gasteiger partial charge in [0.1, 0.15) is 5.00 Å². The third-order valence-corrected chi connectivity index (χ3v) is 6.99. The van der Waals surface area contributed by atoms with Crippen LogP contribution in [-0.4, -0.2) is 24.4 Å². The number of nitrogens with zero attached hydrogens (tertiary/aromatic N) is 1. The van der Waals surface area contributed by atoms with Crippen molar-refractivity contribution in [2.45, 2.75) is 45.4 Å². The van der Waals surface area contributed by atoms with Crippen molar-refractivity contribution in [1.82, 2.24) is 0 Å². The Labute approximate surface area is 161 Å². The second kappa shape index (κ2) is 6.82. The van der Waals surface area contributed by atoms with Gasteiger partial charge in [-0.15, -0.1) is 11.3 Å². The van der Waals surface area contributed by atoms with Crippen molar-refractivity contribution < 1.29 is 19.1 Å². The quantitative estimate of drug-likeness (QED) is 0.578. The SMILES string of the molecule is CCOC(=O)c1c(N2C(=O)C3CC=C(Cl)CC3C2=O)sc2c1CCCC2. The lowest BCUT2D eigenvalue weighted by Crippen LogP contribution is -2.31. The number of rotatable bonds is 3. The van der Waals surface area contributed by atoms with E-state index in [0.29, 0.717) is 28.4 Å². The van der Waals surface area contributed by atoms with Gasteiger partial charge in [0.15, 0.2) is 0 Å². The molecule has 0 bridgehead atoms. The topological polar surface area (TPSA) is 63.7 Å². The van der Waals surface area contributed by atoms with Crippen molar-refractivity contribution in [1.29, 1.82) is 0 Å². The van der Waals surface area contributed by atoms with Gasteiger partial charge in [-0.25, -0.2) is 9.69 Å². The fourth-order valence-corrected chi connectivity index (χ4v) is 5.79. The van der Waals surface area contributed by atoms with E-state index < -0.39 is 11.9 Å². The molecule has 5 nitrogen and oxygen atoms in total. The van der Waals surface area contributed by atoms with Gasteiger partial charge in [-0.3, -0.25) is 9.59 Å². The van der Waals surface area contributed by atoms with Crippen LogP contribution in [-0.2, 0) is 27.2 Å². The van der Waals surface area contributed by atoms with Gasteiger partial charge in [0, 0.05) is 9.91 Å². The molecular formula is C19H20ClNO4S. The van der Waals surface area contributed by atoms with Gasteiger partial charge in [-0.1, -0.05) is 17.7 Å². The highest BCUT2D eigenvalue weighted by molar-refractivity contribution is 7.17. The second-order valence-corrected chi connectivity index (χ2v) is 8.50. The van der Waals surface area contributed by atoms with E-state index in [1.54, 1.807) is 6.92 Å². The Hall–Kier alpha value is -1.66. The molecule has 2 atom stereocenters. The predicted molar refractivity (Wildman–Crippen MR) is 99.6 cm³/mol. The van der Waals surface area contributed by atoms with Crippen LogP contribution in [0.1, 0.15) is 53.4 Å². The van der Waals surface area contributed by atoms with Crippen LogP contribution in [0.3, 0.4) is 0 Å². The van der Waals surface area contributed by atoms with Crippen molar-refractivity contribution in [2.75, 3.05) is 11.5 Å². The molecular weight excluding hydrogens is 374 g/mol. The summed E-state index contributed by atoms with van der Waals surface area (Å²) in [6.07, 6.45) is 6.42. The standard InChI is InChI=1S/C19H20ClNO4S/c1-2-25-19(24)15-12-5-3-4-6-14(12)26-18(15)21-16(22)11-8-7-10(20)9-13(11)17(21)23/h7,11,13H,2-6,8-9H2,1H3. The summed E-state index contributed by atoms with van der Waals surface area (Å²) in [6, 6.07) is 0. The molecule has 0 saturated carbocycles. The molecule has 1 aliphatic heterocycles. The van der Waals surface area contributed by atoms with E-state index in [0.717, 1.165) is 36.1 Å². The molecule has 1 saturated heterocycles. The van der Waals surface area contributed by atoms with Crippen LogP contribution in [0.2, 0.25) is 0 Å². The number of ether oxygens (including phenoxy) is 1. The van der Waals surface area contributed by atoms with Gasteiger partial charge in [-0.2, -0.15) is 0 Å². The molecule has 0 spiro atoms. The fourth-order valence-electron chi connectivity index (χ4n) is 4.15. The maximum absolute atomic E-state index is 13.0. The highest BCUT2D eigenvalue weighted by atomic mass is 35.5. The molecule has 1 aromatic heterocycles. The average Bonchev–Trinajstić information content (AvgIpc) is 3.11. The van der Waals surface area contributed by atoms with Gasteiger partial charge < -0.3 is 4.74 Å². The summed E-state index contributed by atoms with van der Waals surface area (Å²) in [4.78, 5) is 41.0. The number of amides is 2. The molecule has 2 unspecified atom stereocenters. The van der Waals surface area contributed by atoms with E-state index >= 15 is 0 Å². The van der Waals surface area contributed by atoms with Crippen LogP contribution < -0.4 is 4.90 Å². The molecule has 2 amide bonds. The smallest absolute Gasteiger partial charge is 0.341 e. The predicted octanol–water partition coefficient (Wildman–Crippen LogP) is 3.83. The molecule has 1 aromatic rings. The minimum Gasteiger partial charge on any atom is -0.462 e. The molecule has 2 heterocycles. The van der Waals surface area contributed by atoms with Crippen molar-refractivity contribution in [2.24, 2.45) is 11.8 Å². The zero-order valence-electron chi connectivity index (χ0n) is 14.5. The van der Waals surface area contributed by atoms with E-state index in [1.807, 2.05) is 6.08 Å². The molecule has 1 fully saturated rings. The summed E-state index contributed by atoms with van der Waals surface area (Å²) >= 11 is 7.50. The van der Waals surface area contributed by atoms with Crippen molar-refractivity contribution in [3.8, 4) is 0 Å². The summed E-state index contributed by atoms with van der Waals surface area (Å²) in [5, 5.41) is 1.08.